The second-order valence-corrected chi connectivity index (χ2v) is 3.82. The van der Waals surface area contributed by atoms with E-state index in [1.54, 1.807) is 6.07 Å². The molecule has 0 spiro atoms. The number of phenolic OH excluding ortho intramolecular Hbond substituents is 1. The summed E-state index contributed by atoms with van der Waals surface area (Å²) in [6.07, 6.45) is 0. The van der Waals surface area contributed by atoms with Crippen LogP contribution in [0.4, 0.5) is 8.78 Å². The van der Waals surface area contributed by atoms with E-state index < -0.39 is 5.92 Å². The molecule has 0 fully saturated rings. The third-order valence-electron chi connectivity index (χ3n) is 2.16. The molecule has 0 atom stereocenters. The van der Waals surface area contributed by atoms with Crippen molar-refractivity contribution in [1.82, 2.24) is 0 Å². The van der Waals surface area contributed by atoms with Gasteiger partial charge in [-0.2, -0.15) is 0 Å². The fourth-order valence-corrected chi connectivity index (χ4v) is 1.26. The Kier molecular flexibility index (Phi) is 2.79. The van der Waals surface area contributed by atoms with Crippen LogP contribution in [0.2, 0.25) is 0 Å². The summed E-state index contributed by atoms with van der Waals surface area (Å²) in [5, 5.41) is 9.27. The lowest BCUT2D eigenvalue weighted by Crippen LogP contribution is -2.08. The molecule has 1 aromatic carbocycles. The molecule has 0 aliphatic rings. The topological polar surface area (TPSA) is 20.2 Å². The molecule has 0 saturated heterocycles. The van der Waals surface area contributed by atoms with Gasteiger partial charge in [0.15, 0.2) is 0 Å². The number of alkyl halides is 2. The summed E-state index contributed by atoms with van der Waals surface area (Å²) < 4.78 is 26.0. The molecule has 0 aliphatic heterocycles. The third-order valence-corrected chi connectivity index (χ3v) is 2.16. The summed E-state index contributed by atoms with van der Waals surface area (Å²) >= 11 is 0. The third kappa shape index (κ3) is 2.22. The monoisotopic (exact) mass is 200 g/mol. The Labute approximate surface area is 82.4 Å². The lowest BCUT2D eigenvalue weighted by Gasteiger charge is -2.15. The first-order valence-electron chi connectivity index (χ1n) is 4.53. The minimum absolute atomic E-state index is 0.177. The van der Waals surface area contributed by atoms with E-state index in [4.69, 9.17) is 0 Å². The normalized spacial score (nSPS) is 12.1. The Bertz CT molecular complexity index is 327. The Morgan fingerprint density at radius 1 is 1.29 bits per heavy atom. The first-order chi connectivity index (χ1) is 6.32. The molecule has 1 nitrogen and oxygen atoms in total. The Morgan fingerprint density at radius 2 is 1.86 bits per heavy atom. The van der Waals surface area contributed by atoms with Gasteiger partial charge >= 0.3 is 0 Å². The maximum absolute atomic E-state index is 13.0. The van der Waals surface area contributed by atoms with Crippen LogP contribution in [-0.4, -0.2) is 5.11 Å². The van der Waals surface area contributed by atoms with Gasteiger partial charge in [0.1, 0.15) is 5.75 Å². The van der Waals surface area contributed by atoms with Crippen LogP contribution in [0.15, 0.2) is 18.2 Å². The fraction of sp³-hybridized carbons (Fsp3) is 0.455. The first-order valence-corrected chi connectivity index (χ1v) is 4.53. The maximum atomic E-state index is 13.0. The molecule has 0 aromatic heterocycles. The van der Waals surface area contributed by atoms with Crippen LogP contribution < -0.4 is 0 Å². The number of rotatable bonds is 2. The molecule has 0 saturated carbocycles. The summed E-state index contributed by atoms with van der Waals surface area (Å²) in [5.74, 6) is -3.16. The summed E-state index contributed by atoms with van der Waals surface area (Å²) in [6, 6.07) is 4.34. The molecule has 1 rings (SSSR count). The first kappa shape index (κ1) is 11.0. The van der Waals surface area contributed by atoms with Gasteiger partial charge in [-0.1, -0.05) is 19.9 Å². The largest absolute Gasteiger partial charge is 0.507 e. The van der Waals surface area contributed by atoms with Gasteiger partial charge in [-0.3, -0.25) is 0 Å². The molecule has 1 aromatic rings. The van der Waals surface area contributed by atoms with Gasteiger partial charge < -0.3 is 5.11 Å². The van der Waals surface area contributed by atoms with Crippen molar-refractivity contribution in [3.63, 3.8) is 0 Å². The molecule has 14 heavy (non-hydrogen) atoms. The van der Waals surface area contributed by atoms with Crippen LogP contribution in [-0.2, 0) is 5.92 Å². The standard InChI is InChI=1S/C11H14F2O/c1-7(2)8-4-5-10(14)9(6-8)11(3,12)13/h4-7,14H,1-3H3. The number of phenols is 1. The van der Waals surface area contributed by atoms with E-state index in [0.29, 0.717) is 0 Å². The molecule has 0 aliphatic carbocycles. The van der Waals surface area contributed by atoms with Crippen LogP contribution in [0.3, 0.4) is 0 Å². The summed E-state index contributed by atoms with van der Waals surface area (Å²) in [4.78, 5) is 0. The van der Waals surface area contributed by atoms with E-state index in [-0.39, 0.29) is 17.2 Å². The average molecular weight is 200 g/mol. The van der Waals surface area contributed by atoms with Gasteiger partial charge in [-0.05, 0) is 23.6 Å². The van der Waals surface area contributed by atoms with E-state index in [0.717, 1.165) is 12.5 Å². The zero-order chi connectivity index (χ0) is 10.9. The lowest BCUT2D eigenvalue weighted by atomic mass is 9.98. The second kappa shape index (κ2) is 3.56. The highest BCUT2D eigenvalue weighted by atomic mass is 19.3. The van der Waals surface area contributed by atoms with E-state index >= 15 is 0 Å². The Hall–Kier alpha value is -1.12. The SMILES string of the molecule is CC(C)c1ccc(O)c(C(C)(F)F)c1. The average Bonchev–Trinajstić information content (AvgIpc) is 2.02. The number of aromatic hydroxyl groups is 1. The van der Waals surface area contributed by atoms with E-state index in [1.807, 2.05) is 13.8 Å². The van der Waals surface area contributed by atoms with Gasteiger partial charge in [-0.15, -0.1) is 0 Å². The van der Waals surface area contributed by atoms with Crippen molar-refractivity contribution in [2.75, 3.05) is 0 Å². The van der Waals surface area contributed by atoms with E-state index in [1.165, 1.54) is 12.1 Å². The summed E-state index contributed by atoms with van der Waals surface area (Å²) in [6.45, 7) is 4.63. The highest BCUT2D eigenvalue weighted by Crippen LogP contribution is 2.35. The van der Waals surface area contributed by atoms with Crippen molar-refractivity contribution < 1.29 is 13.9 Å². The molecule has 3 heteroatoms. The maximum Gasteiger partial charge on any atom is 0.274 e. The van der Waals surface area contributed by atoms with Crippen LogP contribution in [0.25, 0.3) is 0 Å². The smallest absolute Gasteiger partial charge is 0.274 e. The number of hydrogen-bond donors (Lipinski definition) is 1. The Morgan fingerprint density at radius 3 is 2.29 bits per heavy atom. The lowest BCUT2D eigenvalue weighted by molar-refractivity contribution is 0.0151. The molecule has 0 amide bonds. The molecular formula is C11H14F2O. The van der Waals surface area contributed by atoms with Crippen LogP contribution in [0.1, 0.15) is 37.8 Å². The van der Waals surface area contributed by atoms with E-state index in [2.05, 4.69) is 0 Å². The molecule has 0 radical (unpaired) electrons. The van der Waals surface area contributed by atoms with Crippen molar-refractivity contribution in [3.05, 3.63) is 29.3 Å². The fourth-order valence-electron chi connectivity index (χ4n) is 1.26. The van der Waals surface area contributed by atoms with Crippen molar-refractivity contribution in [3.8, 4) is 5.75 Å². The van der Waals surface area contributed by atoms with Crippen LogP contribution >= 0.6 is 0 Å². The molecule has 0 bridgehead atoms. The molecule has 78 valence electrons. The highest BCUT2D eigenvalue weighted by molar-refractivity contribution is 5.39. The highest BCUT2D eigenvalue weighted by Gasteiger charge is 2.28. The number of benzene rings is 1. The minimum Gasteiger partial charge on any atom is -0.507 e. The second-order valence-electron chi connectivity index (χ2n) is 3.82. The predicted octanol–water partition coefficient (Wildman–Crippen LogP) is 3.63. The Balaban J connectivity index is 3.22. The van der Waals surface area contributed by atoms with Crippen molar-refractivity contribution in [2.45, 2.75) is 32.6 Å². The van der Waals surface area contributed by atoms with Crippen LogP contribution in [0.5, 0.6) is 5.75 Å². The number of hydrogen-bond acceptors (Lipinski definition) is 1. The molecule has 0 unspecified atom stereocenters. The van der Waals surface area contributed by atoms with Crippen molar-refractivity contribution in [1.29, 1.82) is 0 Å². The van der Waals surface area contributed by atoms with Gasteiger partial charge in [0.05, 0.1) is 5.56 Å². The van der Waals surface area contributed by atoms with Gasteiger partial charge in [-0.25, -0.2) is 8.78 Å². The molecule has 0 heterocycles. The molecular weight excluding hydrogens is 186 g/mol. The minimum atomic E-state index is -2.99. The zero-order valence-electron chi connectivity index (χ0n) is 8.51. The van der Waals surface area contributed by atoms with E-state index in [9.17, 15) is 13.9 Å². The quantitative estimate of drug-likeness (QED) is 0.772. The van der Waals surface area contributed by atoms with Crippen molar-refractivity contribution in [2.24, 2.45) is 0 Å². The van der Waals surface area contributed by atoms with Crippen molar-refractivity contribution >= 4 is 0 Å². The summed E-state index contributed by atoms with van der Waals surface area (Å²) in [5.41, 5.74) is 0.503. The molecule has 1 N–H and O–H groups in total. The number of halogens is 2. The van der Waals surface area contributed by atoms with Crippen LogP contribution in [0, 0.1) is 0 Å². The van der Waals surface area contributed by atoms with Gasteiger partial charge in [0.25, 0.3) is 5.92 Å². The van der Waals surface area contributed by atoms with Gasteiger partial charge in [0, 0.05) is 6.92 Å². The zero-order valence-corrected chi connectivity index (χ0v) is 8.51. The summed E-state index contributed by atoms with van der Waals surface area (Å²) in [7, 11) is 0. The predicted molar refractivity (Wildman–Crippen MR) is 51.8 cm³/mol. The van der Waals surface area contributed by atoms with Gasteiger partial charge in [0.2, 0.25) is 0 Å².